The number of aromatic nitrogens is 1. The van der Waals surface area contributed by atoms with Crippen LogP contribution in [0.2, 0.25) is 0 Å². The topological polar surface area (TPSA) is 54.5 Å². The largest absolute Gasteiger partial charge is 0.377 e. The molecule has 1 aliphatic heterocycles. The van der Waals surface area contributed by atoms with Gasteiger partial charge in [-0.25, -0.2) is 9.37 Å². The number of aryl methyl sites for hydroxylation is 1. The third-order valence-corrected chi connectivity index (χ3v) is 5.45. The number of carbonyl (C=O) groups is 1. The lowest BCUT2D eigenvalue weighted by Gasteiger charge is -2.35. The fraction of sp³-hybridized carbons (Fsp3) is 0.455. The maximum absolute atomic E-state index is 13.1. The molecule has 1 N–H and O–H groups in total. The first kappa shape index (κ1) is 18.9. The first-order valence-electron chi connectivity index (χ1n) is 9.91. The van der Waals surface area contributed by atoms with Crippen molar-refractivity contribution >= 4 is 11.7 Å². The number of hydrogen-bond donors (Lipinski definition) is 1. The fourth-order valence-electron chi connectivity index (χ4n) is 3.71. The van der Waals surface area contributed by atoms with Crippen molar-refractivity contribution in [3.8, 4) is 0 Å². The van der Waals surface area contributed by atoms with E-state index in [2.05, 4.69) is 17.1 Å². The van der Waals surface area contributed by atoms with Gasteiger partial charge in [-0.05, 0) is 56.0 Å². The fourth-order valence-corrected chi connectivity index (χ4v) is 3.71. The zero-order valence-electron chi connectivity index (χ0n) is 16.4. The Morgan fingerprint density at radius 1 is 1.32 bits per heavy atom. The lowest BCUT2D eigenvalue weighted by atomic mass is 10.0. The number of morpholine rings is 1. The molecule has 0 bridgehead atoms. The van der Waals surface area contributed by atoms with Crippen molar-refractivity contribution in [2.75, 3.05) is 24.7 Å². The van der Waals surface area contributed by atoms with Crippen LogP contribution in [-0.4, -0.2) is 36.7 Å². The molecule has 1 atom stereocenters. The number of ether oxygens (including phenoxy) is 1. The highest BCUT2D eigenvalue weighted by atomic mass is 19.1. The Labute approximate surface area is 164 Å². The van der Waals surface area contributed by atoms with Gasteiger partial charge in [0.05, 0.1) is 30.5 Å². The molecule has 1 aromatic heterocycles. The second-order valence-electron chi connectivity index (χ2n) is 7.76. The number of pyridine rings is 1. The highest BCUT2D eigenvalue weighted by Gasteiger charge is 2.32. The van der Waals surface area contributed by atoms with Crippen molar-refractivity contribution in [3.63, 3.8) is 0 Å². The molecule has 6 heteroatoms. The maximum Gasteiger partial charge on any atom is 0.253 e. The van der Waals surface area contributed by atoms with Crippen LogP contribution in [0.25, 0.3) is 0 Å². The van der Waals surface area contributed by atoms with Gasteiger partial charge in [0.15, 0.2) is 0 Å². The molecule has 5 nitrogen and oxygen atoms in total. The molecule has 0 radical (unpaired) electrons. The van der Waals surface area contributed by atoms with Gasteiger partial charge in [-0.15, -0.1) is 0 Å². The Morgan fingerprint density at radius 2 is 2.07 bits per heavy atom. The third kappa shape index (κ3) is 4.02. The third-order valence-electron chi connectivity index (χ3n) is 5.45. The summed E-state index contributed by atoms with van der Waals surface area (Å²) in [6, 6.07) is 8.47. The minimum Gasteiger partial charge on any atom is -0.377 e. The van der Waals surface area contributed by atoms with Gasteiger partial charge in [0.25, 0.3) is 5.91 Å². The smallest absolute Gasteiger partial charge is 0.253 e. The summed E-state index contributed by atoms with van der Waals surface area (Å²) in [6.07, 6.45) is 2.15. The first-order valence-corrected chi connectivity index (χ1v) is 9.91. The predicted molar refractivity (Wildman–Crippen MR) is 106 cm³/mol. The summed E-state index contributed by atoms with van der Waals surface area (Å²) in [6.45, 7) is 6.69. The predicted octanol–water partition coefficient (Wildman–Crippen LogP) is 3.56. The van der Waals surface area contributed by atoms with Crippen LogP contribution >= 0.6 is 0 Å². The van der Waals surface area contributed by atoms with Crippen molar-refractivity contribution in [1.82, 2.24) is 10.3 Å². The van der Waals surface area contributed by atoms with E-state index in [1.54, 1.807) is 12.1 Å². The number of carbonyl (C=O) groups excluding carboxylic acids is 1. The zero-order valence-corrected chi connectivity index (χ0v) is 16.4. The highest BCUT2D eigenvalue weighted by Crippen LogP contribution is 2.42. The van der Waals surface area contributed by atoms with Crippen LogP contribution in [0.15, 0.2) is 30.3 Å². The molecule has 0 unspecified atom stereocenters. The molecule has 148 valence electrons. The standard InChI is InChI=1S/C22H26FN3O2/c1-14-11-19(26-9-10-28-13-15(26)2)25-21(17-5-6-17)20(14)22(27)24-12-16-3-7-18(23)8-4-16/h3-4,7-8,11,15,17H,5-6,9-10,12-13H2,1-2H3,(H,24,27)/t15-/m1/s1. The molecular weight excluding hydrogens is 357 g/mol. The summed E-state index contributed by atoms with van der Waals surface area (Å²) in [5, 5.41) is 2.97. The van der Waals surface area contributed by atoms with Gasteiger partial charge in [-0.1, -0.05) is 12.1 Å². The first-order chi connectivity index (χ1) is 13.5. The second-order valence-corrected chi connectivity index (χ2v) is 7.76. The van der Waals surface area contributed by atoms with E-state index in [9.17, 15) is 9.18 Å². The number of amides is 1. The van der Waals surface area contributed by atoms with Crippen molar-refractivity contribution < 1.29 is 13.9 Å². The number of halogens is 1. The van der Waals surface area contributed by atoms with Gasteiger partial charge >= 0.3 is 0 Å². The minimum atomic E-state index is -0.279. The van der Waals surface area contributed by atoms with Crippen LogP contribution in [0.3, 0.4) is 0 Å². The Balaban J connectivity index is 1.57. The molecule has 2 fully saturated rings. The molecular formula is C22H26FN3O2. The molecule has 2 heterocycles. The molecule has 2 aliphatic rings. The van der Waals surface area contributed by atoms with Crippen LogP contribution in [0, 0.1) is 12.7 Å². The summed E-state index contributed by atoms with van der Waals surface area (Å²) >= 11 is 0. The molecule has 1 saturated carbocycles. The van der Waals surface area contributed by atoms with E-state index in [0.29, 0.717) is 31.2 Å². The highest BCUT2D eigenvalue weighted by molar-refractivity contribution is 5.97. The average molecular weight is 383 g/mol. The van der Waals surface area contributed by atoms with Gasteiger partial charge in [-0.3, -0.25) is 4.79 Å². The minimum absolute atomic E-state index is 0.113. The summed E-state index contributed by atoms with van der Waals surface area (Å²) in [5.41, 5.74) is 3.41. The number of nitrogens with zero attached hydrogens (tertiary/aromatic N) is 2. The van der Waals surface area contributed by atoms with E-state index in [0.717, 1.165) is 42.0 Å². The Morgan fingerprint density at radius 3 is 2.75 bits per heavy atom. The molecule has 2 aromatic rings. The lowest BCUT2D eigenvalue weighted by molar-refractivity contribution is 0.0947. The Kier molecular flexibility index (Phi) is 5.31. The van der Waals surface area contributed by atoms with Gasteiger partial charge in [0.2, 0.25) is 0 Å². The van der Waals surface area contributed by atoms with E-state index in [4.69, 9.17) is 9.72 Å². The number of rotatable bonds is 5. The van der Waals surface area contributed by atoms with E-state index in [1.807, 2.05) is 13.0 Å². The summed E-state index contributed by atoms with van der Waals surface area (Å²) < 4.78 is 18.6. The molecule has 4 rings (SSSR count). The van der Waals surface area contributed by atoms with Crippen LogP contribution in [0.4, 0.5) is 10.2 Å². The second kappa shape index (κ2) is 7.87. The van der Waals surface area contributed by atoms with Crippen LogP contribution in [0.1, 0.15) is 52.9 Å². The van der Waals surface area contributed by atoms with Gasteiger partial charge < -0.3 is 15.0 Å². The van der Waals surface area contributed by atoms with Crippen molar-refractivity contribution in [2.45, 2.75) is 45.2 Å². The van der Waals surface area contributed by atoms with Gasteiger partial charge in [-0.2, -0.15) is 0 Å². The average Bonchev–Trinajstić information content (AvgIpc) is 3.52. The maximum atomic E-state index is 13.1. The molecule has 0 spiro atoms. The Hall–Kier alpha value is -2.47. The molecule has 1 aliphatic carbocycles. The van der Waals surface area contributed by atoms with Crippen molar-refractivity contribution in [3.05, 3.63) is 58.5 Å². The van der Waals surface area contributed by atoms with E-state index in [-0.39, 0.29) is 17.8 Å². The molecule has 1 aromatic carbocycles. The lowest BCUT2D eigenvalue weighted by Crippen LogP contribution is -2.44. The van der Waals surface area contributed by atoms with E-state index < -0.39 is 0 Å². The molecule has 1 saturated heterocycles. The van der Waals surface area contributed by atoms with Crippen LogP contribution < -0.4 is 10.2 Å². The van der Waals surface area contributed by atoms with E-state index in [1.165, 1.54) is 12.1 Å². The number of hydrogen-bond acceptors (Lipinski definition) is 4. The SMILES string of the molecule is Cc1cc(N2CCOC[C@H]2C)nc(C2CC2)c1C(=O)NCc1ccc(F)cc1. The monoisotopic (exact) mass is 383 g/mol. The van der Waals surface area contributed by atoms with Crippen LogP contribution in [0.5, 0.6) is 0 Å². The number of nitrogens with one attached hydrogen (secondary N) is 1. The Bertz CT molecular complexity index is 865. The van der Waals surface area contributed by atoms with Gasteiger partial charge in [0, 0.05) is 19.0 Å². The van der Waals surface area contributed by atoms with Crippen molar-refractivity contribution in [1.29, 1.82) is 0 Å². The summed E-state index contributed by atoms with van der Waals surface area (Å²) in [7, 11) is 0. The van der Waals surface area contributed by atoms with Crippen molar-refractivity contribution in [2.24, 2.45) is 0 Å². The summed E-state index contributed by atoms with van der Waals surface area (Å²) in [4.78, 5) is 20.1. The zero-order chi connectivity index (χ0) is 19.7. The number of anilines is 1. The quantitative estimate of drug-likeness (QED) is 0.858. The van der Waals surface area contributed by atoms with Gasteiger partial charge in [0.1, 0.15) is 11.6 Å². The van der Waals surface area contributed by atoms with Crippen LogP contribution in [-0.2, 0) is 11.3 Å². The molecule has 28 heavy (non-hydrogen) atoms. The van der Waals surface area contributed by atoms with E-state index >= 15 is 0 Å². The number of benzene rings is 1. The normalized spacial score (nSPS) is 19.5. The molecule has 1 amide bonds. The summed E-state index contributed by atoms with van der Waals surface area (Å²) in [5.74, 6) is 0.906.